The van der Waals surface area contributed by atoms with E-state index in [1.807, 2.05) is 0 Å². The molecule has 3 fully saturated rings. The lowest BCUT2D eigenvalue weighted by Gasteiger charge is -2.27. The quantitative estimate of drug-likeness (QED) is 0.358. The summed E-state index contributed by atoms with van der Waals surface area (Å²) in [6.07, 6.45) is 7.87. The van der Waals surface area contributed by atoms with Crippen LogP contribution in [-0.2, 0) is 4.74 Å². The Morgan fingerprint density at radius 1 is 1.16 bits per heavy atom. The summed E-state index contributed by atoms with van der Waals surface area (Å²) in [6.45, 7) is 9.62. The molecule has 2 heterocycles. The van der Waals surface area contributed by atoms with Gasteiger partial charge in [0.25, 0.3) is 0 Å². The zero-order valence-corrected chi connectivity index (χ0v) is 18.4. The fourth-order valence-electron chi connectivity index (χ4n) is 3.99. The van der Waals surface area contributed by atoms with Gasteiger partial charge in [0.2, 0.25) is 0 Å². The first-order valence-corrected chi connectivity index (χ1v) is 10.1. The molecule has 0 spiro atoms. The van der Waals surface area contributed by atoms with Crippen LogP contribution < -0.4 is 5.32 Å². The van der Waals surface area contributed by atoms with Gasteiger partial charge < -0.3 is 19.9 Å². The molecule has 1 aliphatic carbocycles. The Hall–Kier alpha value is -0.0800. The summed E-state index contributed by atoms with van der Waals surface area (Å²) in [5, 5.41) is 3.48. The van der Waals surface area contributed by atoms with E-state index in [9.17, 15) is 0 Å². The highest BCUT2D eigenvalue weighted by atomic mass is 127. The van der Waals surface area contributed by atoms with Crippen LogP contribution in [-0.4, -0.2) is 74.8 Å². The van der Waals surface area contributed by atoms with E-state index in [2.05, 4.69) is 29.1 Å². The highest BCUT2D eigenvalue weighted by Crippen LogP contribution is 2.31. The minimum Gasteiger partial charge on any atom is -0.381 e. The number of aliphatic imine (C=N–C) groups is 1. The van der Waals surface area contributed by atoms with E-state index in [1.165, 1.54) is 51.6 Å². The lowest BCUT2D eigenvalue weighted by atomic mass is 9.96. The molecule has 2 aliphatic heterocycles. The van der Waals surface area contributed by atoms with Gasteiger partial charge in [0.15, 0.2) is 5.96 Å². The van der Waals surface area contributed by atoms with Crippen LogP contribution in [0, 0.1) is 11.8 Å². The summed E-state index contributed by atoms with van der Waals surface area (Å²) in [7, 11) is 2.19. The van der Waals surface area contributed by atoms with Crippen LogP contribution >= 0.6 is 24.0 Å². The second kappa shape index (κ2) is 10.9. The first-order chi connectivity index (χ1) is 11.8. The van der Waals surface area contributed by atoms with E-state index >= 15 is 0 Å². The van der Waals surface area contributed by atoms with Crippen molar-refractivity contribution in [2.45, 2.75) is 51.5 Å². The molecular formula is C19H37IN4O. The molecule has 146 valence electrons. The van der Waals surface area contributed by atoms with Crippen molar-refractivity contribution in [2.24, 2.45) is 16.8 Å². The Balaban J connectivity index is 0.00000225. The monoisotopic (exact) mass is 464 g/mol. The number of hydrogen-bond acceptors (Lipinski definition) is 3. The third kappa shape index (κ3) is 6.86. The number of halogens is 1. The Morgan fingerprint density at radius 3 is 2.60 bits per heavy atom. The van der Waals surface area contributed by atoms with E-state index in [1.54, 1.807) is 0 Å². The first-order valence-electron chi connectivity index (χ1n) is 10.1. The van der Waals surface area contributed by atoms with Crippen LogP contribution in [0.5, 0.6) is 0 Å². The second-order valence-corrected chi connectivity index (χ2v) is 7.84. The van der Waals surface area contributed by atoms with Crippen molar-refractivity contribution in [2.75, 3.05) is 53.0 Å². The molecule has 0 aromatic rings. The minimum absolute atomic E-state index is 0. The van der Waals surface area contributed by atoms with Crippen molar-refractivity contribution < 1.29 is 4.74 Å². The van der Waals surface area contributed by atoms with Crippen LogP contribution in [0.4, 0.5) is 0 Å². The fourth-order valence-corrected chi connectivity index (χ4v) is 3.99. The van der Waals surface area contributed by atoms with E-state index in [4.69, 9.17) is 9.73 Å². The molecule has 3 rings (SSSR count). The van der Waals surface area contributed by atoms with Crippen LogP contribution in [0.3, 0.4) is 0 Å². The molecule has 2 saturated heterocycles. The number of nitrogens with zero attached hydrogens (tertiary/aromatic N) is 3. The van der Waals surface area contributed by atoms with Crippen LogP contribution in [0.2, 0.25) is 0 Å². The number of likely N-dealkylation sites (tertiary alicyclic amines) is 1. The number of rotatable bonds is 7. The molecule has 6 heteroatoms. The molecule has 1 unspecified atom stereocenters. The topological polar surface area (TPSA) is 40.1 Å². The molecule has 0 amide bonds. The Morgan fingerprint density at radius 2 is 1.92 bits per heavy atom. The number of hydrogen-bond donors (Lipinski definition) is 1. The van der Waals surface area contributed by atoms with Gasteiger partial charge in [0.1, 0.15) is 0 Å². The highest BCUT2D eigenvalue weighted by molar-refractivity contribution is 14.0. The maximum atomic E-state index is 5.46. The van der Waals surface area contributed by atoms with Crippen LogP contribution in [0.25, 0.3) is 0 Å². The standard InChI is InChI=1S/C19H36N4O.HI/c1-3-20-19(22(2)10-6-16-8-12-24-13-9-16)21-14-17-7-11-23(15-17)18-4-5-18;/h16-18H,3-15H2,1-2H3,(H,20,21);1H. The minimum atomic E-state index is 0. The van der Waals surface area contributed by atoms with Gasteiger partial charge in [-0.3, -0.25) is 4.99 Å². The largest absolute Gasteiger partial charge is 0.381 e. The molecule has 5 nitrogen and oxygen atoms in total. The molecule has 0 bridgehead atoms. The predicted molar refractivity (Wildman–Crippen MR) is 115 cm³/mol. The summed E-state index contributed by atoms with van der Waals surface area (Å²) in [5.41, 5.74) is 0. The van der Waals surface area contributed by atoms with Crippen LogP contribution in [0.15, 0.2) is 4.99 Å². The van der Waals surface area contributed by atoms with Crippen molar-refractivity contribution in [1.29, 1.82) is 0 Å². The van der Waals surface area contributed by atoms with Crippen molar-refractivity contribution in [3.63, 3.8) is 0 Å². The maximum absolute atomic E-state index is 5.46. The Labute approximate surface area is 171 Å². The molecule has 0 radical (unpaired) electrons. The molecule has 25 heavy (non-hydrogen) atoms. The summed E-state index contributed by atoms with van der Waals surface area (Å²) in [5.74, 6) is 2.67. The summed E-state index contributed by atoms with van der Waals surface area (Å²) in [6, 6.07) is 0.911. The van der Waals surface area contributed by atoms with E-state index in [0.717, 1.165) is 56.7 Å². The van der Waals surface area contributed by atoms with Crippen molar-refractivity contribution in [3.8, 4) is 0 Å². The third-order valence-corrected chi connectivity index (χ3v) is 5.79. The maximum Gasteiger partial charge on any atom is 0.193 e. The van der Waals surface area contributed by atoms with Gasteiger partial charge in [-0.1, -0.05) is 0 Å². The normalized spacial score (nSPS) is 25.7. The van der Waals surface area contributed by atoms with E-state index in [-0.39, 0.29) is 24.0 Å². The zero-order chi connectivity index (χ0) is 16.8. The molecule has 3 aliphatic rings. The van der Waals surface area contributed by atoms with Gasteiger partial charge in [0.05, 0.1) is 0 Å². The average molecular weight is 464 g/mol. The Kier molecular flexibility index (Phi) is 9.27. The molecule has 0 aromatic heterocycles. The van der Waals surface area contributed by atoms with E-state index in [0.29, 0.717) is 0 Å². The first kappa shape index (κ1) is 21.2. The zero-order valence-electron chi connectivity index (χ0n) is 16.1. The summed E-state index contributed by atoms with van der Waals surface area (Å²) >= 11 is 0. The average Bonchev–Trinajstić information content (AvgIpc) is 3.36. The number of guanidine groups is 1. The smallest absolute Gasteiger partial charge is 0.193 e. The summed E-state index contributed by atoms with van der Waals surface area (Å²) in [4.78, 5) is 9.96. The van der Waals surface area contributed by atoms with E-state index < -0.39 is 0 Å². The SMILES string of the molecule is CCNC(=NCC1CCN(C2CC2)C1)N(C)CCC1CCOCC1.I. The summed E-state index contributed by atoms with van der Waals surface area (Å²) < 4.78 is 5.46. The molecule has 1 atom stereocenters. The van der Waals surface area contributed by atoms with Crippen LogP contribution in [0.1, 0.15) is 45.4 Å². The van der Waals surface area contributed by atoms with Gasteiger partial charge in [-0.15, -0.1) is 24.0 Å². The lowest BCUT2D eigenvalue weighted by molar-refractivity contribution is 0.0625. The van der Waals surface area contributed by atoms with Gasteiger partial charge >= 0.3 is 0 Å². The highest BCUT2D eigenvalue weighted by Gasteiger charge is 2.34. The van der Waals surface area contributed by atoms with Gasteiger partial charge in [-0.25, -0.2) is 0 Å². The van der Waals surface area contributed by atoms with Crippen molar-refractivity contribution >= 4 is 29.9 Å². The van der Waals surface area contributed by atoms with Crippen molar-refractivity contribution in [1.82, 2.24) is 15.1 Å². The number of ether oxygens (including phenoxy) is 1. The Bertz CT molecular complexity index is 410. The van der Waals surface area contributed by atoms with Gasteiger partial charge in [0, 0.05) is 52.5 Å². The predicted octanol–water partition coefficient (Wildman–Crippen LogP) is 2.80. The van der Waals surface area contributed by atoms with Gasteiger partial charge in [-0.2, -0.15) is 0 Å². The lowest BCUT2D eigenvalue weighted by Crippen LogP contribution is -2.40. The fraction of sp³-hybridized carbons (Fsp3) is 0.947. The van der Waals surface area contributed by atoms with Gasteiger partial charge in [-0.05, 0) is 63.8 Å². The molecule has 1 N–H and O–H groups in total. The molecule has 1 saturated carbocycles. The number of nitrogens with one attached hydrogen (secondary N) is 1. The molecular weight excluding hydrogens is 427 g/mol. The third-order valence-electron chi connectivity index (χ3n) is 5.79. The molecule has 0 aromatic carbocycles. The second-order valence-electron chi connectivity index (χ2n) is 7.84. The van der Waals surface area contributed by atoms with Crippen molar-refractivity contribution in [3.05, 3.63) is 0 Å².